The molecule has 2 N–H and O–H groups in total. The van der Waals surface area contributed by atoms with Gasteiger partial charge in [0.1, 0.15) is 0 Å². The fourth-order valence-electron chi connectivity index (χ4n) is 3.01. The monoisotopic (exact) mass is 306 g/mol. The molecule has 1 aromatic heterocycles. The zero-order valence-electron chi connectivity index (χ0n) is 12.4. The first-order valence-corrected chi connectivity index (χ1v) is 7.30. The van der Waals surface area contributed by atoms with Gasteiger partial charge < -0.3 is 5.73 Å². The van der Waals surface area contributed by atoms with Gasteiger partial charge in [-0.2, -0.15) is 5.10 Å². The highest BCUT2D eigenvalue weighted by Crippen LogP contribution is 2.27. The third-order valence-corrected chi connectivity index (χ3v) is 4.09. The fourth-order valence-corrected chi connectivity index (χ4v) is 3.01. The second-order valence-corrected chi connectivity index (χ2v) is 5.58. The van der Waals surface area contributed by atoms with Gasteiger partial charge in [-0.25, -0.2) is 0 Å². The quantitative estimate of drug-likeness (QED) is 0.942. The Kier molecular flexibility index (Phi) is 5.39. The highest BCUT2D eigenvalue weighted by Gasteiger charge is 2.31. The van der Waals surface area contributed by atoms with Crippen molar-refractivity contribution in [2.45, 2.75) is 32.0 Å². The number of hydrogen-bond acceptors (Lipinski definition) is 3. The van der Waals surface area contributed by atoms with E-state index in [1.807, 2.05) is 10.9 Å². The summed E-state index contributed by atoms with van der Waals surface area (Å²) in [6.45, 7) is 5.95. The third-order valence-electron chi connectivity index (χ3n) is 4.09. The second-order valence-electron chi connectivity index (χ2n) is 5.58. The molecule has 2 heterocycles. The van der Waals surface area contributed by atoms with Gasteiger partial charge in [-0.05, 0) is 12.5 Å². The molecule has 1 aliphatic heterocycles. The van der Waals surface area contributed by atoms with Gasteiger partial charge in [0.05, 0.1) is 6.20 Å². The van der Waals surface area contributed by atoms with E-state index in [1.165, 1.54) is 11.1 Å². The summed E-state index contributed by atoms with van der Waals surface area (Å²) in [7, 11) is 0. The van der Waals surface area contributed by atoms with Crippen molar-refractivity contribution in [2.24, 2.45) is 5.73 Å². The lowest BCUT2D eigenvalue weighted by molar-refractivity contribution is 0.323. The average molecular weight is 307 g/mol. The maximum atomic E-state index is 6.32. The molecule has 2 atom stereocenters. The molecule has 3 rings (SSSR count). The first kappa shape index (κ1) is 16.0. The van der Waals surface area contributed by atoms with E-state index < -0.39 is 0 Å². The van der Waals surface area contributed by atoms with Crippen LogP contribution in [-0.2, 0) is 13.1 Å². The Labute approximate surface area is 132 Å². The standard InChI is InChI=1S/C16H22N4.ClH/c1-2-20-10-13(8-18-20)9-19-11-15(16(17)12-19)14-6-4-3-5-7-14;/h3-8,10,15-16H,2,9,11-12,17H2,1H3;1H/t15-,16+;/m0./s1. The van der Waals surface area contributed by atoms with Gasteiger partial charge in [-0.3, -0.25) is 9.58 Å². The van der Waals surface area contributed by atoms with Crippen LogP contribution in [-0.4, -0.2) is 33.8 Å². The normalized spacial score (nSPS) is 22.2. The molecule has 0 aliphatic carbocycles. The molecule has 1 aliphatic rings. The van der Waals surface area contributed by atoms with Crippen molar-refractivity contribution in [2.75, 3.05) is 13.1 Å². The summed E-state index contributed by atoms with van der Waals surface area (Å²) in [5.74, 6) is 0.442. The predicted molar refractivity (Wildman–Crippen MR) is 87.6 cm³/mol. The summed E-state index contributed by atoms with van der Waals surface area (Å²) in [5.41, 5.74) is 8.95. The zero-order valence-corrected chi connectivity index (χ0v) is 13.2. The van der Waals surface area contributed by atoms with Crippen molar-refractivity contribution in [3.8, 4) is 0 Å². The number of likely N-dealkylation sites (tertiary alicyclic amines) is 1. The van der Waals surface area contributed by atoms with E-state index in [2.05, 4.69) is 53.5 Å². The Morgan fingerprint density at radius 3 is 2.67 bits per heavy atom. The topological polar surface area (TPSA) is 47.1 Å². The number of nitrogens with two attached hydrogens (primary N) is 1. The van der Waals surface area contributed by atoms with Crippen molar-refractivity contribution in [3.63, 3.8) is 0 Å². The number of halogens is 1. The summed E-state index contributed by atoms with van der Waals surface area (Å²) in [6, 6.07) is 10.8. The minimum atomic E-state index is 0. The van der Waals surface area contributed by atoms with Crippen molar-refractivity contribution in [1.82, 2.24) is 14.7 Å². The van der Waals surface area contributed by atoms with Crippen LogP contribution >= 0.6 is 12.4 Å². The zero-order chi connectivity index (χ0) is 13.9. The molecule has 0 unspecified atom stereocenters. The van der Waals surface area contributed by atoms with E-state index in [0.29, 0.717) is 5.92 Å². The van der Waals surface area contributed by atoms with Gasteiger partial charge in [-0.15, -0.1) is 12.4 Å². The van der Waals surface area contributed by atoms with E-state index in [4.69, 9.17) is 5.73 Å². The molecule has 21 heavy (non-hydrogen) atoms. The average Bonchev–Trinajstić information content (AvgIpc) is 3.07. The van der Waals surface area contributed by atoms with Crippen LogP contribution in [0.1, 0.15) is 24.0 Å². The van der Waals surface area contributed by atoms with Crippen molar-refractivity contribution < 1.29 is 0 Å². The maximum absolute atomic E-state index is 6.32. The number of hydrogen-bond donors (Lipinski definition) is 1. The number of nitrogens with zero attached hydrogens (tertiary/aromatic N) is 3. The van der Waals surface area contributed by atoms with E-state index in [9.17, 15) is 0 Å². The minimum absolute atomic E-state index is 0. The Balaban J connectivity index is 0.00000161. The summed E-state index contributed by atoms with van der Waals surface area (Å²) in [6.07, 6.45) is 4.09. The van der Waals surface area contributed by atoms with Crippen LogP contribution in [0.3, 0.4) is 0 Å². The van der Waals surface area contributed by atoms with Crippen LogP contribution in [0.2, 0.25) is 0 Å². The molecule has 0 bridgehead atoms. The molecule has 1 saturated heterocycles. The summed E-state index contributed by atoms with van der Waals surface area (Å²) >= 11 is 0. The molecule has 0 saturated carbocycles. The lowest BCUT2D eigenvalue weighted by Gasteiger charge is -2.15. The fraction of sp³-hybridized carbons (Fsp3) is 0.438. The largest absolute Gasteiger partial charge is 0.326 e. The Morgan fingerprint density at radius 1 is 1.24 bits per heavy atom. The van der Waals surface area contributed by atoms with Crippen molar-refractivity contribution in [3.05, 3.63) is 53.9 Å². The highest BCUT2D eigenvalue weighted by molar-refractivity contribution is 5.85. The predicted octanol–water partition coefficient (Wildman–Crippen LogP) is 2.25. The molecular formula is C16H23ClN4. The van der Waals surface area contributed by atoms with Crippen LogP contribution in [0.4, 0.5) is 0 Å². The Hall–Kier alpha value is -1.36. The van der Waals surface area contributed by atoms with Gasteiger partial charge in [0.2, 0.25) is 0 Å². The summed E-state index contributed by atoms with van der Waals surface area (Å²) in [5, 5.41) is 4.33. The number of aromatic nitrogens is 2. The first-order valence-electron chi connectivity index (χ1n) is 7.30. The molecule has 4 nitrogen and oxygen atoms in total. The lowest BCUT2D eigenvalue weighted by Crippen LogP contribution is -2.28. The minimum Gasteiger partial charge on any atom is -0.326 e. The summed E-state index contributed by atoms with van der Waals surface area (Å²) in [4.78, 5) is 2.43. The number of rotatable bonds is 4. The van der Waals surface area contributed by atoms with Crippen LogP contribution in [0.15, 0.2) is 42.7 Å². The molecule has 0 radical (unpaired) electrons. The molecule has 2 aromatic rings. The van der Waals surface area contributed by atoms with Gasteiger partial charge in [-0.1, -0.05) is 30.3 Å². The van der Waals surface area contributed by atoms with E-state index in [-0.39, 0.29) is 18.4 Å². The van der Waals surface area contributed by atoms with Gasteiger partial charge >= 0.3 is 0 Å². The van der Waals surface area contributed by atoms with Crippen LogP contribution < -0.4 is 5.73 Å². The van der Waals surface area contributed by atoms with Gasteiger partial charge in [0.15, 0.2) is 0 Å². The molecule has 0 spiro atoms. The maximum Gasteiger partial charge on any atom is 0.0534 e. The van der Waals surface area contributed by atoms with E-state index in [1.54, 1.807) is 0 Å². The Bertz CT molecular complexity index is 554. The van der Waals surface area contributed by atoms with Gasteiger partial charge in [0, 0.05) is 49.9 Å². The van der Waals surface area contributed by atoms with Crippen LogP contribution in [0.5, 0.6) is 0 Å². The van der Waals surface area contributed by atoms with Crippen molar-refractivity contribution in [1.29, 1.82) is 0 Å². The van der Waals surface area contributed by atoms with Gasteiger partial charge in [0.25, 0.3) is 0 Å². The van der Waals surface area contributed by atoms with E-state index in [0.717, 1.165) is 26.2 Å². The lowest BCUT2D eigenvalue weighted by atomic mass is 9.95. The molecular weight excluding hydrogens is 284 g/mol. The second kappa shape index (κ2) is 7.07. The van der Waals surface area contributed by atoms with Crippen molar-refractivity contribution >= 4 is 12.4 Å². The molecule has 5 heteroatoms. The number of aryl methyl sites for hydroxylation is 1. The molecule has 1 aromatic carbocycles. The first-order chi connectivity index (χ1) is 9.76. The van der Waals surface area contributed by atoms with Crippen LogP contribution in [0.25, 0.3) is 0 Å². The smallest absolute Gasteiger partial charge is 0.0534 e. The molecule has 114 valence electrons. The highest BCUT2D eigenvalue weighted by atomic mass is 35.5. The third kappa shape index (κ3) is 3.64. The molecule has 1 fully saturated rings. The number of benzene rings is 1. The van der Waals surface area contributed by atoms with Crippen LogP contribution in [0, 0.1) is 0 Å². The summed E-state index contributed by atoms with van der Waals surface area (Å²) < 4.78 is 1.97. The van der Waals surface area contributed by atoms with E-state index >= 15 is 0 Å². The SMILES string of the molecule is CCn1cc(CN2C[C@@H](N)[C@H](c3ccccc3)C2)cn1.Cl. The Morgan fingerprint density at radius 2 is 2.00 bits per heavy atom. The molecule has 0 amide bonds.